The van der Waals surface area contributed by atoms with Crippen molar-refractivity contribution in [3.05, 3.63) is 0 Å². The van der Waals surface area contributed by atoms with Gasteiger partial charge in [-0.1, -0.05) is 0 Å². The van der Waals surface area contributed by atoms with Gasteiger partial charge in [0.25, 0.3) is 0 Å². The molecule has 3 atom stereocenters. The first-order chi connectivity index (χ1) is 5.42. The minimum atomic E-state index is 0.377. The molecule has 0 bridgehead atoms. The first-order valence-electron chi connectivity index (χ1n) is 4.45. The lowest BCUT2D eigenvalue weighted by molar-refractivity contribution is -0.109. The highest BCUT2D eigenvalue weighted by Crippen LogP contribution is 2.45. The Kier molecular flexibility index (Phi) is 1.95. The molecule has 2 heteroatoms. The average Bonchev–Trinajstić information content (AvgIpc) is 2.85. The molecular weight excluding hydrogens is 140 g/mol. The number of hydrogen-bond acceptors (Lipinski definition) is 2. The molecule has 2 fully saturated rings. The highest BCUT2D eigenvalue weighted by molar-refractivity contribution is 5.58. The van der Waals surface area contributed by atoms with E-state index in [4.69, 9.17) is 4.74 Å². The molecule has 0 aromatic carbocycles. The topological polar surface area (TPSA) is 26.3 Å². The number of carbonyl (C=O) groups excluding carboxylic acids is 1. The van der Waals surface area contributed by atoms with Crippen LogP contribution in [0.5, 0.6) is 0 Å². The van der Waals surface area contributed by atoms with Crippen LogP contribution in [0.2, 0.25) is 0 Å². The molecular formula is C9H14O2. The number of aldehydes is 1. The van der Waals surface area contributed by atoms with Crippen molar-refractivity contribution >= 4 is 6.29 Å². The lowest BCUT2D eigenvalue weighted by Crippen LogP contribution is -2.19. The van der Waals surface area contributed by atoms with Crippen molar-refractivity contribution in [1.82, 2.24) is 0 Å². The summed E-state index contributed by atoms with van der Waals surface area (Å²) >= 11 is 0. The Morgan fingerprint density at radius 2 is 2.36 bits per heavy atom. The first kappa shape index (κ1) is 7.29. The standard InChI is InChI=1S/C9H14O2/c10-5-8-4-9(8)7-2-1-3-11-6-7/h5,7-9H,1-4,6H2/t7-,8+,9-/m1/s1. The Hall–Kier alpha value is -0.370. The molecule has 0 N–H and O–H groups in total. The quantitative estimate of drug-likeness (QED) is 0.559. The summed E-state index contributed by atoms with van der Waals surface area (Å²) in [5.74, 6) is 1.74. The van der Waals surface area contributed by atoms with Gasteiger partial charge in [0.15, 0.2) is 0 Å². The first-order valence-corrected chi connectivity index (χ1v) is 4.45. The second-order valence-corrected chi connectivity index (χ2v) is 3.68. The largest absolute Gasteiger partial charge is 0.381 e. The maximum Gasteiger partial charge on any atom is 0.123 e. The highest BCUT2D eigenvalue weighted by Gasteiger charge is 2.42. The molecule has 0 aromatic rings. The zero-order chi connectivity index (χ0) is 7.68. The van der Waals surface area contributed by atoms with Crippen molar-refractivity contribution in [1.29, 1.82) is 0 Å². The van der Waals surface area contributed by atoms with Crippen LogP contribution in [-0.2, 0) is 9.53 Å². The molecule has 0 amide bonds. The van der Waals surface area contributed by atoms with Crippen molar-refractivity contribution < 1.29 is 9.53 Å². The molecule has 0 unspecified atom stereocenters. The summed E-state index contributed by atoms with van der Waals surface area (Å²) in [6.07, 6.45) is 4.69. The fourth-order valence-electron chi connectivity index (χ4n) is 2.04. The zero-order valence-corrected chi connectivity index (χ0v) is 6.66. The summed E-state index contributed by atoms with van der Waals surface area (Å²) < 4.78 is 5.36. The van der Waals surface area contributed by atoms with Gasteiger partial charge in [0.2, 0.25) is 0 Å². The molecule has 2 nitrogen and oxygen atoms in total. The van der Waals surface area contributed by atoms with Gasteiger partial charge < -0.3 is 9.53 Å². The maximum absolute atomic E-state index is 10.4. The predicted molar refractivity (Wildman–Crippen MR) is 41.2 cm³/mol. The Morgan fingerprint density at radius 1 is 1.45 bits per heavy atom. The van der Waals surface area contributed by atoms with Crippen molar-refractivity contribution in [2.75, 3.05) is 13.2 Å². The monoisotopic (exact) mass is 154 g/mol. The van der Waals surface area contributed by atoms with E-state index in [0.717, 1.165) is 25.9 Å². The fraction of sp³-hybridized carbons (Fsp3) is 0.889. The number of carbonyl (C=O) groups is 1. The number of hydrogen-bond donors (Lipinski definition) is 0. The Bertz CT molecular complexity index is 150. The molecule has 0 radical (unpaired) electrons. The van der Waals surface area contributed by atoms with Gasteiger partial charge in [0.1, 0.15) is 6.29 Å². The van der Waals surface area contributed by atoms with Gasteiger partial charge in [-0.3, -0.25) is 0 Å². The van der Waals surface area contributed by atoms with Crippen molar-refractivity contribution in [3.8, 4) is 0 Å². The van der Waals surface area contributed by atoms with E-state index in [2.05, 4.69) is 0 Å². The van der Waals surface area contributed by atoms with Crippen LogP contribution in [0.3, 0.4) is 0 Å². The second-order valence-electron chi connectivity index (χ2n) is 3.68. The molecule has 1 aliphatic carbocycles. The van der Waals surface area contributed by atoms with Crippen LogP contribution in [0, 0.1) is 17.8 Å². The highest BCUT2D eigenvalue weighted by atomic mass is 16.5. The van der Waals surface area contributed by atoms with E-state index in [9.17, 15) is 4.79 Å². The fourth-order valence-corrected chi connectivity index (χ4v) is 2.04. The molecule has 1 aliphatic heterocycles. The van der Waals surface area contributed by atoms with E-state index in [0.29, 0.717) is 17.8 Å². The average molecular weight is 154 g/mol. The van der Waals surface area contributed by atoms with Gasteiger partial charge in [-0.15, -0.1) is 0 Å². The Morgan fingerprint density at radius 3 is 2.91 bits per heavy atom. The van der Waals surface area contributed by atoms with Crippen LogP contribution < -0.4 is 0 Å². The third-order valence-electron chi connectivity index (χ3n) is 2.87. The summed E-state index contributed by atoms with van der Waals surface area (Å²) in [6.45, 7) is 1.82. The normalized spacial score (nSPS) is 43.5. The van der Waals surface area contributed by atoms with E-state index in [-0.39, 0.29) is 0 Å². The molecule has 62 valence electrons. The van der Waals surface area contributed by atoms with Crippen LogP contribution in [0.25, 0.3) is 0 Å². The molecule has 11 heavy (non-hydrogen) atoms. The Balaban J connectivity index is 1.81. The summed E-state index contributed by atoms with van der Waals surface area (Å²) in [6, 6.07) is 0. The third kappa shape index (κ3) is 1.45. The summed E-state index contributed by atoms with van der Waals surface area (Å²) in [7, 11) is 0. The molecule has 2 aliphatic rings. The minimum Gasteiger partial charge on any atom is -0.381 e. The second kappa shape index (κ2) is 2.94. The van der Waals surface area contributed by atoms with Gasteiger partial charge in [0.05, 0.1) is 0 Å². The van der Waals surface area contributed by atoms with Crippen molar-refractivity contribution in [3.63, 3.8) is 0 Å². The van der Waals surface area contributed by atoms with Crippen LogP contribution in [-0.4, -0.2) is 19.5 Å². The van der Waals surface area contributed by atoms with E-state index in [1.165, 1.54) is 12.8 Å². The maximum atomic E-state index is 10.4. The smallest absolute Gasteiger partial charge is 0.123 e. The van der Waals surface area contributed by atoms with Gasteiger partial charge in [0, 0.05) is 19.1 Å². The number of ether oxygens (including phenoxy) is 1. The zero-order valence-electron chi connectivity index (χ0n) is 6.66. The van der Waals surface area contributed by atoms with Gasteiger partial charge in [-0.2, -0.15) is 0 Å². The molecule has 1 saturated heterocycles. The van der Waals surface area contributed by atoms with Crippen LogP contribution in [0.1, 0.15) is 19.3 Å². The lowest BCUT2D eigenvalue weighted by Gasteiger charge is -2.21. The SMILES string of the molecule is O=C[C@@H]1C[C@@H]1[C@@H]1CCCOC1. The van der Waals surface area contributed by atoms with Crippen molar-refractivity contribution in [2.45, 2.75) is 19.3 Å². The van der Waals surface area contributed by atoms with Gasteiger partial charge in [-0.05, 0) is 31.1 Å². The van der Waals surface area contributed by atoms with Crippen molar-refractivity contribution in [2.24, 2.45) is 17.8 Å². The molecule has 1 saturated carbocycles. The van der Waals surface area contributed by atoms with Gasteiger partial charge in [-0.25, -0.2) is 0 Å². The van der Waals surface area contributed by atoms with E-state index < -0.39 is 0 Å². The summed E-state index contributed by atoms with van der Waals surface area (Å²) in [5.41, 5.74) is 0. The lowest BCUT2D eigenvalue weighted by atomic mass is 9.96. The molecule has 0 aromatic heterocycles. The van der Waals surface area contributed by atoms with E-state index >= 15 is 0 Å². The molecule has 1 heterocycles. The van der Waals surface area contributed by atoms with E-state index in [1.54, 1.807) is 0 Å². The number of rotatable bonds is 2. The summed E-state index contributed by atoms with van der Waals surface area (Å²) in [5, 5.41) is 0. The minimum absolute atomic E-state index is 0.377. The van der Waals surface area contributed by atoms with Crippen LogP contribution >= 0.6 is 0 Å². The van der Waals surface area contributed by atoms with Crippen LogP contribution in [0.15, 0.2) is 0 Å². The molecule has 2 rings (SSSR count). The van der Waals surface area contributed by atoms with Crippen LogP contribution in [0.4, 0.5) is 0 Å². The van der Waals surface area contributed by atoms with E-state index in [1.807, 2.05) is 0 Å². The van der Waals surface area contributed by atoms with Gasteiger partial charge >= 0.3 is 0 Å². The Labute approximate surface area is 66.9 Å². The predicted octanol–water partition coefficient (Wildman–Crippen LogP) is 1.25. The molecule has 0 spiro atoms. The summed E-state index contributed by atoms with van der Waals surface area (Å²) in [4.78, 5) is 10.4. The third-order valence-corrected chi connectivity index (χ3v) is 2.87.